The maximum absolute atomic E-state index is 12.6. The third-order valence-electron chi connectivity index (χ3n) is 5.01. The van der Waals surface area contributed by atoms with Crippen molar-refractivity contribution < 1.29 is 17.7 Å². The lowest BCUT2D eigenvalue weighted by molar-refractivity contribution is 0.226. The molecule has 1 aromatic carbocycles. The summed E-state index contributed by atoms with van der Waals surface area (Å²) in [4.78, 5) is 6.82. The van der Waals surface area contributed by atoms with Gasteiger partial charge in [-0.3, -0.25) is 0 Å². The molecule has 1 atom stereocenters. The molecule has 3 rings (SSSR count). The second kappa shape index (κ2) is 12.4. The number of hydrogen-bond donors (Lipinski definition) is 1. The average molecular weight is 577 g/mol. The summed E-state index contributed by atoms with van der Waals surface area (Å²) >= 11 is 0. The fourth-order valence-corrected chi connectivity index (χ4v) is 4.78. The molecule has 1 unspecified atom stereocenters. The summed E-state index contributed by atoms with van der Waals surface area (Å²) in [7, 11) is -3.43. The lowest BCUT2D eigenvalue weighted by Crippen LogP contribution is -2.54. The number of hydrogen-bond acceptors (Lipinski definition) is 6. The van der Waals surface area contributed by atoms with E-state index < -0.39 is 10.0 Å². The lowest BCUT2D eigenvalue weighted by atomic mass is 10.2. The number of piperazine rings is 1. The summed E-state index contributed by atoms with van der Waals surface area (Å²) in [5.41, 5.74) is 1.51. The zero-order valence-electron chi connectivity index (χ0n) is 18.7. The van der Waals surface area contributed by atoms with Crippen LogP contribution in [0.5, 0.6) is 5.75 Å². The first kappa shape index (κ1) is 26.4. The topological polar surface area (TPSA) is 100 Å². The Hall–Kier alpha value is -1.86. The van der Waals surface area contributed by atoms with Gasteiger partial charge in [-0.1, -0.05) is 23.4 Å². The number of aromatic nitrogens is 1. The molecule has 0 saturated carbocycles. The van der Waals surface area contributed by atoms with Gasteiger partial charge in [0, 0.05) is 38.8 Å². The monoisotopic (exact) mass is 577 g/mol. The van der Waals surface area contributed by atoms with E-state index in [9.17, 15) is 8.42 Å². The zero-order valence-corrected chi connectivity index (χ0v) is 21.9. The van der Waals surface area contributed by atoms with E-state index in [0.717, 1.165) is 23.8 Å². The van der Waals surface area contributed by atoms with E-state index in [0.29, 0.717) is 38.4 Å². The summed E-state index contributed by atoms with van der Waals surface area (Å²) in [6, 6.07) is 9.49. The highest BCUT2D eigenvalue weighted by Crippen LogP contribution is 2.18. The highest BCUT2D eigenvalue weighted by Gasteiger charge is 2.29. The number of aliphatic imine (C=N–C) groups is 1. The van der Waals surface area contributed by atoms with E-state index in [1.165, 1.54) is 10.6 Å². The molecule has 1 aliphatic heterocycles. The molecule has 0 bridgehead atoms. The van der Waals surface area contributed by atoms with E-state index in [2.05, 4.69) is 15.4 Å². The molecule has 0 spiro atoms. The molecule has 11 heteroatoms. The van der Waals surface area contributed by atoms with Gasteiger partial charge in [-0.2, -0.15) is 4.31 Å². The Morgan fingerprint density at radius 1 is 1.25 bits per heavy atom. The molecule has 178 valence electrons. The molecule has 2 heterocycles. The van der Waals surface area contributed by atoms with Gasteiger partial charge in [0.2, 0.25) is 10.0 Å². The number of ether oxygens (including phenoxy) is 1. The Kier molecular flexibility index (Phi) is 10.2. The number of nitrogens with one attached hydrogen (secondary N) is 1. The van der Waals surface area contributed by atoms with Crippen molar-refractivity contribution in [2.45, 2.75) is 32.6 Å². The van der Waals surface area contributed by atoms with Crippen molar-refractivity contribution in [1.82, 2.24) is 19.7 Å². The number of guanidine groups is 1. The van der Waals surface area contributed by atoms with E-state index in [-0.39, 0.29) is 35.8 Å². The molecule has 1 saturated heterocycles. The molecular formula is C21H32IN5O4S. The number of aryl methyl sites for hydroxylation is 1. The van der Waals surface area contributed by atoms with Crippen molar-refractivity contribution in [3.8, 4) is 5.75 Å². The van der Waals surface area contributed by atoms with Gasteiger partial charge < -0.3 is 19.5 Å². The summed E-state index contributed by atoms with van der Waals surface area (Å²) in [6.07, 6.45) is 1.30. The van der Waals surface area contributed by atoms with Crippen LogP contribution in [0.15, 0.2) is 46.1 Å². The van der Waals surface area contributed by atoms with Crippen LogP contribution < -0.4 is 10.1 Å². The van der Waals surface area contributed by atoms with Crippen LogP contribution >= 0.6 is 24.0 Å². The quantitative estimate of drug-likeness (QED) is 0.293. The summed E-state index contributed by atoms with van der Waals surface area (Å²) in [6.45, 7) is 9.20. The Labute approximate surface area is 207 Å². The first-order valence-electron chi connectivity index (χ1n) is 10.5. The van der Waals surface area contributed by atoms with Gasteiger partial charge in [-0.15, -0.1) is 24.0 Å². The van der Waals surface area contributed by atoms with Crippen molar-refractivity contribution in [3.63, 3.8) is 0 Å². The zero-order chi connectivity index (χ0) is 22.3. The molecule has 0 aliphatic carbocycles. The largest absolute Gasteiger partial charge is 0.489 e. The van der Waals surface area contributed by atoms with E-state index >= 15 is 0 Å². The van der Waals surface area contributed by atoms with Crippen molar-refractivity contribution in [2.75, 3.05) is 39.3 Å². The first-order valence-corrected chi connectivity index (χ1v) is 12.1. The Morgan fingerprint density at radius 3 is 2.59 bits per heavy atom. The van der Waals surface area contributed by atoms with E-state index in [4.69, 9.17) is 14.3 Å². The molecule has 32 heavy (non-hydrogen) atoms. The SMILES string of the molecule is CCNC(=NCC(C)Oc1ccccc1C)N1CCN(S(=O)(=O)Cc2ccon2)CC1.I. The fraction of sp³-hybridized carbons (Fsp3) is 0.524. The minimum atomic E-state index is -3.43. The molecule has 1 aromatic heterocycles. The number of benzene rings is 1. The Morgan fingerprint density at radius 2 is 1.97 bits per heavy atom. The lowest BCUT2D eigenvalue weighted by Gasteiger charge is -2.35. The second-order valence-electron chi connectivity index (χ2n) is 7.52. The molecule has 0 amide bonds. The van der Waals surface area contributed by atoms with Crippen LogP contribution in [0.3, 0.4) is 0 Å². The van der Waals surface area contributed by atoms with Gasteiger partial charge in [0.1, 0.15) is 23.9 Å². The summed E-state index contributed by atoms with van der Waals surface area (Å²) in [5.74, 6) is 1.49. The van der Waals surface area contributed by atoms with Crippen LogP contribution in [0.25, 0.3) is 0 Å². The van der Waals surface area contributed by atoms with Crippen molar-refractivity contribution in [3.05, 3.63) is 47.9 Å². The van der Waals surface area contributed by atoms with Crippen LogP contribution in [-0.4, -0.2) is 74.1 Å². The third-order valence-corrected chi connectivity index (χ3v) is 6.82. The average Bonchev–Trinajstić information content (AvgIpc) is 3.25. The predicted octanol–water partition coefficient (Wildman–Crippen LogP) is 2.48. The molecule has 1 fully saturated rings. The molecule has 2 aromatic rings. The second-order valence-corrected chi connectivity index (χ2v) is 9.49. The predicted molar refractivity (Wildman–Crippen MR) is 135 cm³/mol. The number of rotatable bonds is 8. The minimum absolute atomic E-state index is 0. The highest BCUT2D eigenvalue weighted by molar-refractivity contribution is 14.0. The Balaban J connectivity index is 0.00000363. The molecular weight excluding hydrogens is 545 g/mol. The smallest absolute Gasteiger partial charge is 0.220 e. The van der Waals surface area contributed by atoms with Gasteiger partial charge in [0.25, 0.3) is 0 Å². The van der Waals surface area contributed by atoms with Crippen LogP contribution in [0, 0.1) is 6.92 Å². The van der Waals surface area contributed by atoms with E-state index in [1.54, 1.807) is 6.07 Å². The molecule has 1 N–H and O–H groups in total. The van der Waals surface area contributed by atoms with Crippen LogP contribution in [-0.2, 0) is 15.8 Å². The Bertz CT molecular complexity index is 960. The molecule has 9 nitrogen and oxygen atoms in total. The minimum Gasteiger partial charge on any atom is -0.489 e. The normalized spacial score (nSPS) is 16.3. The van der Waals surface area contributed by atoms with Crippen molar-refractivity contribution >= 4 is 40.0 Å². The number of sulfonamides is 1. The molecule has 1 aliphatic rings. The van der Waals surface area contributed by atoms with Gasteiger partial charge in [-0.25, -0.2) is 13.4 Å². The van der Waals surface area contributed by atoms with Gasteiger partial charge in [-0.05, 0) is 32.4 Å². The summed E-state index contributed by atoms with van der Waals surface area (Å²) in [5, 5.41) is 7.01. The van der Waals surface area contributed by atoms with Gasteiger partial charge in [0.15, 0.2) is 5.96 Å². The number of para-hydroxylation sites is 1. The highest BCUT2D eigenvalue weighted by atomic mass is 127. The van der Waals surface area contributed by atoms with Gasteiger partial charge >= 0.3 is 0 Å². The standard InChI is InChI=1S/C21H31N5O4S.HI/c1-4-22-21(23-15-18(3)30-20-8-6-5-7-17(20)2)25-10-12-26(13-11-25)31(27,28)16-19-9-14-29-24-19;/h5-9,14,18H,4,10-13,15-16H2,1-3H3,(H,22,23);1H. The molecule has 0 radical (unpaired) electrons. The first-order chi connectivity index (χ1) is 14.9. The van der Waals surface area contributed by atoms with E-state index in [1.807, 2.05) is 45.0 Å². The summed E-state index contributed by atoms with van der Waals surface area (Å²) < 4.78 is 37.5. The van der Waals surface area contributed by atoms with Crippen LogP contribution in [0.1, 0.15) is 25.1 Å². The fourth-order valence-electron chi connectivity index (χ4n) is 3.35. The van der Waals surface area contributed by atoms with Crippen LogP contribution in [0.4, 0.5) is 0 Å². The van der Waals surface area contributed by atoms with Crippen molar-refractivity contribution in [2.24, 2.45) is 4.99 Å². The van der Waals surface area contributed by atoms with Crippen LogP contribution in [0.2, 0.25) is 0 Å². The maximum Gasteiger partial charge on any atom is 0.220 e. The maximum atomic E-state index is 12.6. The number of halogens is 1. The third kappa shape index (κ3) is 7.34. The number of nitrogens with zero attached hydrogens (tertiary/aromatic N) is 4. The van der Waals surface area contributed by atoms with Gasteiger partial charge in [0.05, 0.1) is 12.2 Å². The van der Waals surface area contributed by atoms with Crippen molar-refractivity contribution in [1.29, 1.82) is 0 Å².